The zero-order chi connectivity index (χ0) is 8.82. The molecule has 12 heavy (non-hydrogen) atoms. The number of nitrogens with zero attached hydrogens (tertiary/aromatic N) is 2. The molecule has 1 fully saturated rings. The fraction of sp³-hybridized carbons (Fsp3) is 0.875. The third-order valence-corrected chi connectivity index (χ3v) is 2.61. The van der Waals surface area contributed by atoms with Crippen LogP contribution in [0.4, 0.5) is 0 Å². The number of carbonyl (C=O) groups excluding carboxylic acids is 1. The molecule has 0 bridgehead atoms. The molecule has 2 aliphatic rings. The van der Waals surface area contributed by atoms with Crippen LogP contribution in [0.25, 0.3) is 0 Å². The summed E-state index contributed by atoms with van der Waals surface area (Å²) >= 11 is 0. The standard InChI is InChI=1S/C8H12N2O2/c1-7(6(11)12-2)5-8(3-4-8)10-9-7/h3-5H2,1-2H3/t7-/m1/s1. The average molecular weight is 168 g/mol. The summed E-state index contributed by atoms with van der Waals surface area (Å²) in [5, 5.41) is 8.13. The van der Waals surface area contributed by atoms with E-state index in [1.54, 1.807) is 6.92 Å². The van der Waals surface area contributed by atoms with E-state index in [0.29, 0.717) is 0 Å². The first kappa shape index (κ1) is 7.71. The lowest BCUT2D eigenvalue weighted by Gasteiger charge is -2.15. The lowest BCUT2D eigenvalue weighted by molar-refractivity contribution is -0.146. The highest BCUT2D eigenvalue weighted by atomic mass is 16.5. The first-order valence-electron chi connectivity index (χ1n) is 4.13. The maximum absolute atomic E-state index is 11.3. The van der Waals surface area contributed by atoms with Crippen molar-refractivity contribution in [3.63, 3.8) is 0 Å². The average Bonchev–Trinajstić information content (AvgIpc) is 2.71. The maximum Gasteiger partial charge on any atom is 0.335 e. The van der Waals surface area contributed by atoms with Gasteiger partial charge in [0.05, 0.1) is 12.6 Å². The minimum atomic E-state index is -0.703. The number of carbonyl (C=O) groups is 1. The Balaban J connectivity index is 2.15. The molecule has 0 aromatic heterocycles. The van der Waals surface area contributed by atoms with Crippen LogP contribution in [0.5, 0.6) is 0 Å². The van der Waals surface area contributed by atoms with Crippen molar-refractivity contribution >= 4 is 5.97 Å². The zero-order valence-electron chi connectivity index (χ0n) is 7.33. The Labute approximate surface area is 71.0 Å². The van der Waals surface area contributed by atoms with Gasteiger partial charge in [-0.05, 0) is 19.8 Å². The first-order chi connectivity index (χ1) is 5.60. The predicted molar refractivity (Wildman–Crippen MR) is 41.9 cm³/mol. The number of azo groups is 1. The predicted octanol–water partition coefficient (Wildman–Crippen LogP) is 1.31. The number of hydrogen-bond donors (Lipinski definition) is 0. The highest BCUT2D eigenvalue weighted by Gasteiger charge is 2.56. The van der Waals surface area contributed by atoms with Crippen LogP contribution in [-0.4, -0.2) is 24.2 Å². The van der Waals surface area contributed by atoms with Gasteiger partial charge in [0, 0.05) is 6.42 Å². The fourth-order valence-corrected chi connectivity index (χ4v) is 1.68. The van der Waals surface area contributed by atoms with Gasteiger partial charge in [-0.15, -0.1) is 0 Å². The third-order valence-electron chi connectivity index (χ3n) is 2.61. The van der Waals surface area contributed by atoms with Gasteiger partial charge in [-0.2, -0.15) is 10.2 Å². The van der Waals surface area contributed by atoms with Crippen LogP contribution in [0.1, 0.15) is 26.2 Å². The monoisotopic (exact) mass is 168 g/mol. The van der Waals surface area contributed by atoms with Crippen molar-refractivity contribution in [1.82, 2.24) is 0 Å². The van der Waals surface area contributed by atoms with Crippen LogP contribution < -0.4 is 0 Å². The lowest BCUT2D eigenvalue weighted by Crippen LogP contribution is -2.34. The van der Waals surface area contributed by atoms with Crippen molar-refractivity contribution in [2.45, 2.75) is 37.3 Å². The Hall–Kier alpha value is -0.930. The van der Waals surface area contributed by atoms with Crippen LogP contribution in [-0.2, 0) is 9.53 Å². The maximum atomic E-state index is 11.3. The summed E-state index contributed by atoms with van der Waals surface area (Å²) in [5.74, 6) is -0.268. The molecule has 0 unspecified atom stereocenters. The molecule has 4 nitrogen and oxygen atoms in total. The molecule has 0 amide bonds. The molecule has 0 aromatic rings. The second-order valence-electron chi connectivity index (χ2n) is 3.87. The van der Waals surface area contributed by atoms with E-state index in [9.17, 15) is 4.79 Å². The highest BCUT2D eigenvalue weighted by molar-refractivity contribution is 5.81. The second kappa shape index (κ2) is 2.06. The van der Waals surface area contributed by atoms with Crippen molar-refractivity contribution in [1.29, 1.82) is 0 Å². The van der Waals surface area contributed by atoms with E-state index in [4.69, 9.17) is 0 Å². The molecule has 1 atom stereocenters. The van der Waals surface area contributed by atoms with E-state index in [1.807, 2.05) is 0 Å². The quantitative estimate of drug-likeness (QED) is 0.554. The molecule has 4 heteroatoms. The Morgan fingerprint density at radius 2 is 2.08 bits per heavy atom. The summed E-state index contributed by atoms with van der Waals surface area (Å²) in [6.45, 7) is 1.79. The van der Waals surface area contributed by atoms with Crippen molar-refractivity contribution in [2.24, 2.45) is 10.2 Å². The van der Waals surface area contributed by atoms with Gasteiger partial charge in [0.15, 0.2) is 5.54 Å². The van der Waals surface area contributed by atoms with Gasteiger partial charge in [0.1, 0.15) is 0 Å². The SMILES string of the molecule is COC(=O)[C@@]1(C)CC2(CC2)N=N1. The molecular formula is C8H12N2O2. The van der Waals surface area contributed by atoms with Gasteiger partial charge < -0.3 is 4.74 Å². The lowest BCUT2D eigenvalue weighted by atomic mass is 9.95. The summed E-state index contributed by atoms with van der Waals surface area (Å²) in [6.07, 6.45) is 2.87. The highest BCUT2D eigenvalue weighted by Crippen LogP contribution is 2.51. The van der Waals surface area contributed by atoms with E-state index < -0.39 is 5.54 Å². The molecular weight excluding hydrogens is 156 g/mol. The van der Waals surface area contributed by atoms with Crippen LogP contribution >= 0.6 is 0 Å². The van der Waals surface area contributed by atoms with Crippen LogP contribution in [0.15, 0.2) is 10.2 Å². The van der Waals surface area contributed by atoms with Gasteiger partial charge in [-0.3, -0.25) is 0 Å². The summed E-state index contributed by atoms with van der Waals surface area (Å²) < 4.78 is 4.67. The summed E-state index contributed by atoms with van der Waals surface area (Å²) in [5.41, 5.74) is -0.686. The molecule has 1 heterocycles. The number of hydrogen-bond acceptors (Lipinski definition) is 4. The van der Waals surface area contributed by atoms with E-state index in [-0.39, 0.29) is 11.5 Å². The normalized spacial score (nSPS) is 35.5. The van der Waals surface area contributed by atoms with Gasteiger partial charge in [-0.25, -0.2) is 4.79 Å². The Morgan fingerprint density at radius 3 is 2.50 bits per heavy atom. The fourth-order valence-electron chi connectivity index (χ4n) is 1.68. The number of esters is 1. The molecule has 1 spiro atoms. The van der Waals surface area contributed by atoms with Crippen molar-refractivity contribution in [3.05, 3.63) is 0 Å². The summed E-state index contributed by atoms with van der Waals surface area (Å²) in [6, 6.07) is 0. The molecule has 1 aliphatic carbocycles. The Bertz CT molecular complexity index is 258. The third kappa shape index (κ3) is 0.940. The zero-order valence-corrected chi connectivity index (χ0v) is 7.33. The summed E-state index contributed by atoms with van der Waals surface area (Å²) in [4.78, 5) is 11.3. The van der Waals surface area contributed by atoms with E-state index >= 15 is 0 Å². The van der Waals surface area contributed by atoms with Crippen LogP contribution in [0.2, 0.25) is 0 Å². The molecule has 66 valence electrons. The minimum absolute atomic E-state index is 0.0168. The number of ether oxygens (including phenoxy) is 1. The second-order valence-corrected chi connectivity index (χ2v) is 3.87. The largest absolute Gasteiger partial charge is 0.467 e. The first-order valence-corrected chi connectivity index (χ1v) is 4.13. The van der Waals surface area contributed by atoms with Crippen molar-refractivity contribution in [2.75, 3.05) is 7.11 Å². The van der Waals surface area contributed by atoms with Gasteiger partial charge in [0.25, 0.3) is 0 Å². The van der Waals surface area contributed by atoms with E-state index in [1.165, 1.54) is 7.11 Å². The van der Waals surface area contributed by atoms with Crippen molar-refractivity contribution < 1.29 is 9.53 Å². The smallest absolute Gasteiger partial charge is 0.335 e. The Kier molecular flexibility index (Phi) is 1.32. The number of methoxy groups -OCH3 is 1. The van der Waals surface area contributed by atoms with Crippen LogP contribution in [0, 0.1) is 0 Å². The van der Waals surface area contributed by atoms with Crippen molar-refractivity contribution in [3.8, 4) is 0 Å². The van der Waals surface area contributed by atoms with Crippen LogP contribution in [0.3, 0.4) is 0 Å². The topological polar surface area (TPSA) is 51.0 Å². The number of rotatable bonds is 1. The minimum Gasteiger partial charge on any atom is -0.467 e. The molecule has 0 aromatic carbocycles. The molecule has 2 rings (SSSR count). The van der Waals surface area contributed by atoms with Gasteiger partial charge in [-0.1, -0.05) is 0 Å². The molecule has 1 saturated carbocycles. The Morgan fingerprint density at radius 1 is 1.42 bits per heavy atom. The van der Waals surface area contributed by atoms with Gasteiger partial charge >= 0.3 is 5.97 Å². The van der Waals surface area contributed by atoms with E-state index in [0.717, 1.165) is 19.3 Å². The molecule has 0 N–H and O–H groups in total. The van der Waals surface area contributed by atoms with Gasteiger partial charge in [0.2, 0.25) is 0 Å². The summed E-state index contributed by atoms with van der Waals surface area (Å²) in [7, 11) is 1.39. The molecule has 1 aliphatic heterocycles. The molecule has 0 radical (unpaired) electrons. The van der Waals surface area contributed by atoms with E-state index in [2.05, 4.69) is 15.0 Å². The molecule has 0 saturated heterocycles.